The minimum Gasteiger partial charge on any atom is -0.387 e. The molecule has 5 rings (SSSR count). The van der Waals surface area contributed by atoms with Crippen LogP contribution in [0.4, 0.5) is 19.1 Å². The molecule has 1 aliphatic carbocycles. The van der Waals surface area contributed by atoms with E-state index in [0.717, 1.165) is 43.9 Å². The maximum absolute atomic E-state index is 14.9. The number of halogens is 3. The molecule has 0 radical (unpaired) electrons. The first-order chi connectivity index (χ1) is 18.3. The molecule has 1 unspecified atom stereocenters. The van der Waals surface area contributed by atoms with Crippen molar-refractivity contribution in [2.24, 2.45) is 5.41 Å². The predicted octanol–water partition coefficient (Wildman–Crippen LogP) is 1.85. The van der Waals surface area contributed by atoms with E-state index in [9.17, 15) is 27.9 Å². The molecular formula is C26H36F3N7O3. The van der Waals surface area contributed by atoms with Gasteiger partial charge in [0.15, 0.2) is 5.65 Å². The number of piperidine rings is 1. The smallest absolute Gasteiger partial charge is 0.287 e. The summed E-state index contributed by atoms with van der Waals surface area (Å²) in [4.78, 5) is 44.9. The summed E-state index contributed by atoms with van der Waals surface area (Å²) in [7, 11) is 2.05. The Morgan fingerprint density at radius 2 is 1.72 bits per heavy atom. The molecule has 1 amide bonds. The second kappa shape index (κ2) is 9.69. The van der Waals surface area contributed by atoms with Crippen molar-refractivity contribution in [1.29, 1.82) is 0 Å². The van der Waals surface area contributed by atoms with Crippen LogP contribution in [-0.4, -0.2) is 104 Å². The number of likely N-dealkylation sites (tertiary alicyclic amines) is 1. The summed E-state index contributed by atoms with van der Waals surface area (Å²) in [5.41, 5.74) is -5.75. The lowest BCUT2D eigenvalue weighted by Gasteiger charge is -2.53. The van der Waals surface area contributed by atoms with E-state index in [-0.39, 0.29) is 37.1 Å². The predicted molar refractivity (Wildman–Crippen MR) is 138 cm³/mol. The van der Waals surface area contributed by atoms with Crippen molar-refractivity contribution in [3.05, 3.63) is 22.9 Å². The van der Waals surface area contributed by atoms with Crippen molar-refractivity contribution in [2.75, 3.05) is 51.2 Å². The SMILES string of the molecule is CN1CCN(c2ncc3c(=O)n(CC4(O)CCN(C(=O)[C@@](C)(F)C(C)(F)F)CC45CCCC5)cnc3n2)CC1. The highest BCUT2D eigenvalue weighted by Gasteiger charge is 2.60. The Kier molecular flexibility index (Phi) is 6.89. The Balaban J connectivity index is 1.40. The fourth-order valence-corrected chi connectivity index (χ4v) is 6.25. The average Bonchev–Trinajstić information content (AvgIpc) is 3.37. The van der Waals surface area contributed by atoms with Crippen LogP contribution < -0.4 is 10.5 Å². The molecular weight excluding hydrogens is 515 g/mol. The molecule has 2 atom stereocenters. The second-order valence-electron chi connectivity index (χ2n) is 11.8. The highest BCUT2D eigenvalue weighted by atomic mass is 19.3. The van der Waals surface area contributed by atoms with Crippen LogP contribution in [0.15, 0.2) is 17.3 Å². The van der Waals surface area contributed by atoms with Crippen molar-refractivity contribution in [3.8, 4) is 0 Å². The number of fused-ring (bicyclic) bond motifs is 1. The Hall–Kier alpha value is -2.80. The normalized spacial score (nSPS) is 25.8. The number of carbonyl (C=O) groups is 1. The number of anilines is 1. The quantitative estimate of drug-likeness (QED) is 0.600. The molecule has 3 aliphatic rings. The number of carbonyl (C=O) groups excluding carboxylic acids is 1. The molecule has 2 aromatic rings. The highest BCUT2D eigenvalue weighted by molar-refractivity contribution is 5.86. The summed E-state index contributed by atoms with van der Waals surface area (Å²) in [6.45, 7) is 4.06. The van der Waals surface area contributed by atoms with Gasteiger partial charge in [-0.15, -0.1) is 0 Å². The molecule has 13 heteroatoms. The Labute approximate surface area is 224 Å². The Morgan fingerprint density at radius 1 is 1.05 bits per heavy atom. The molecule has 10 nitrogen and oxygen atoms in total. The van der Waals surface area contributed by atoms with Gasteiger partial charge in [-0.3, -0.25) is 14.2 Å². The van der Waals surface area contributed by atoms with Crippen LogP contribution >= 0.6 is 0 Å². The van der Waals surface area contributed by atoms with Crippen molar-refractivity contribution < 1.29 is 23.1 Å². The number of hydrogen-bond donors (Lipinski definition) is 1. The first-order valence-corrected chi connectivity index (χ1v) is 13.5. The first-order valence-electron chi connectivity index (χ1n) is 13.5. The molecule has 1 spiro atoms. The zero-order chi connectivity index (χ0) is 28.2. The molecule has 2 aromatic heterocycles. The lowest BCUT2D eigenvalue weighted by molar-refractivity contribution is -0.186. The number of nitrogens with zero attached hydrogens (tertiary/aromatic N) is 7. The molecule has 214 valence electrons. The van der Waals surface area contributed by atoms with Gasteiger partial charge in [-0.2, -0.15) is 4.98 Å². The van der Waals surface area contributed by atoms with Crippen LogP contribution in [0.5, 0.6) is 0 Å². The number of rotatable bonds is 5. The van der Waals surface area contributed by atoms with E-state index < -0.39 is 34.1 Å². The van der Waals surface area contributed by atoms with Crippen LogP contribution in [0.1, 0.15) is 46.0 Å². The van der Waals surface area contributed by atoms with Gasteiger partial charge in [-0.05, 0) is 33.2 Å². The van der Waals surface area contributed by atoms with Gasteiger partial charge in [0.05, 0.1) is 12.1 Å². The number of hydrogen-bond acceptors (Lipinski definition) is 8. The lowest BCUT2D eigenvalue weighted by Crippen LogP contribution is -2.65. The van der Waals surface area contributed by atoms with Crippen LogP contribution in [0.2, 0.25) is 0 Å². The van der Waals surface area contributed by atoms with Gasteiger partial charge >= 0.3 is 0 Å². The van der Waals surface area contributed by atoms with E-state index in [1.165, 1.54) is 17.1 Å². The fourth-order valence-electron chi connectivity index (χ4n) is 6.25. The minimum absolute atomic E-state index is 0.0213. The van der Waals surface area contributed by atoms with Crippen LogP contribution in [-0.2, 0) is 11.3 Å². The number of likely N-dealkylation sites (N-methyl/N-ethyl adjacent to an activating group) is 1. The number of aliphatic hydroxyl groups is 1. The number of piperazine rings is 1. The standard InChI is InChI=1S/C26H36F3N7O3/c1-23(27,24(2,28)29)21(38)35-9-8-26(39,25(15-35)6-4-5-7-25)16-36-17-31-19-18(20(36)37)14-30-22(32-19)34-12-10-33(3)11-13-34/h14,17,39H,4-13,15-16H2,1-3H3/t23-,26?/m1/s1. The van der Waals surface area contributed by atoms with Crippen molar-refractivity contribution in [1.82, 2.24) is 29.3 Å². The number of amides is 1. The molecule has 0 bridgehead atoms. The number of alkyl halides is 3. The third-order valence-electron chi connectivity index (χ3n) is 9.13. The van der Waals surface area contributed by atoms with Crippen LogP contribution in [0, 0.1) is 5.41 Å². The number of aromatic nitrogens is 4. The first kappa shape index (κ1) is 27.8. The molecule has 0 aromatic carbocycles. The maximum Gasteiger partial charge on any atom is 0.287 e. The van der Waals surface area contributed by atoms with E-state index in [4.69, 9.17) is 0 Å². The topological polar surface area (TPSA) is 108 Å². The highest BCUT2D eigenvalue weighted by Crippen LogP contribution is 2.52. The van der Waals surface area contributed by atoms with Gasteiger partial charge < -0.3 is 19.8 Å². The summed E-state index contributed by atoms with van der Waals surface area (Å²) in [5, 5.41) is 12.2. The van der Waals surface area contributed by atoms with Gasteiger partial charge in [0.25, 0.3) is 17.4 Å². The molecule has 2 saturated heterocycles. The monoisotopic (exact) mass is 551 g/mol. The summed E-state index contributed by atoms with van der Waals surface area (Å²) < 4.78 is 44.0. The van der Waals surface area contributed by atoms with Gasteiger partial charge in [0, 0.05) is 57.8 Å². The van der Waals surface area contributed by atoms with Gasteiger partial charge in [0.2, 0.25) is 11.6 Å². The van der Waals surface area contributed by atoms with E-state index in [0.29, 0.717) is 32.6 Å². The molecule has 1 saturated carbocycles. The molecule has 39 heavy (non-hydrogen) atoms. The largest absolute Gasteiger partial charge is 0.387 e. The zero-order valence-corrected chi connectivity index (χ0v) is 22.7. The van der Waals surface area contributed by atoms with Gasteiger partial charge in [-0.25, -0.2) is 23.1 Å². The van der Waals surface area contributed by atoms with E-state index >= 15 is 0 Å². The van der Waals surface area contributed by atoms with E-state index in [1.807, 2.05) is 4.90 Å². The third kappa shape index (κ3) is 4.77. The minimum atomic E-state index is -3.85. The average molecular weight is 552 g/mol. The summed E-state index contributed by atoms with van der Waals surface area (Å²) in [6, 6.07) is 0. The molecule has 3 fully saturated rings. The van der Waals surface area contributed by atoms with E-state index in [2.05, 4.69) is 26.9 Å². The third-order valence-corrected chi connectivity index (χ3v) is 9.13. The maximum atomic E-state index is 14.9. The lowest BCUT2D eigenvalue weighted by atomic mass is 9.65. The van der Waals surface area contributed by atoms with Crippen LogP contribution in [0.3, 0.4) is 0 Å². The molecule has 1 N–H and O–H groups in total. The Morgan fingerprint density at radius 3 is 2.36 bits per heavy atom. The zero-order valence-electron chi connectivity index (χ0n) is 22.7. The van der Waals surface area contributed by atoms with Gasteiger partial charge in [0.1, 0.15) is 11.7 Å². The van der Waals surface area contributed by atoms with E-state index in [1.54, 1.807) is 0 Å². The van der Waals surface area contributed by atoms with Crippen molar-refractivity contribution in [2.45, 2.75) is 69.7 Å². The van der Waals surface area contributed by atoms with Crippen molar-refractivity contribution in [3.63, 3.8) is 0 Å². The Bertz CT molecular complexity index is 1300. The van der Waals surface area contributed by atoms with Gasteiger partial charge in [-0.1, -0.05) is 12.8 Å². The second-order valence-corrected chi connectivity index (χ2v) is 11.8. The molecule has 4 heterocycles. The van der Waals surface area contributed by atoms with Crippen LogP contribution in [0.25, 0.3) is 11.0 Å². The van der Waals surface area contributed by atoms with Crippen molar-refractivity contribution >= 4 is 22.9 Å². The summed E-state index contributed by atoms with van der Waals surface area (Å²) in [5.74, 6) is -4.61. The fraction of sp³-hybridized carbons (Fsp3) is 0.731. The molecule has 2 aliphatic heterocycles. The summed E-state index contributed by atoms with van der Waals surface area (Å²) in [6.07, 6.45) is 5.46. The summed E-state index contributed by atoms with van der Waals surface area (Å²) >= 11 is 0.